The Morgan fingerprint density at radius 3 is 2.19 bits per heavy atom. The molecule has 3 aromatic carbocycles. The van der Waals surface area contributed by atoms with Crippen molar-refractivity contribution < 1.29 is 22.7 Å². The van der Waals surface area contributed by atoms with Gasteiger partial charge < -0.3 is 14.8 Å². The van der Waals surface area contributed by atoms with E-state index in [1.807, 2.05) is 25.1 Å². The van der Waals surface area contributed by atoms with Crippen LogP contribution in [0.5, 0.6) is 11.5 Å². The second-order valence-corrected chi connectivity index (χ2v) is 8.59. The monoisotopic (exact) mass is 440 g/mol. The van der Waals surface area contributed by atoms with Crippen LogP contribution in [-0.2, 0) is 21.2 Å². The second kappa shape index (κ2) is 9.53. The van der Waals surface area contributed by atoms with E-state index in [0.29, 0.717) is 17.1 Å². The van der Waals surface area contributed by atoms with E-state index in [1.54, 1.807) is 43.5 Å². The number of carbonyl (C=O) groups is 1. The summed E-state index contributed by atoms with van der Waals surface area (Å²) in [7, 11) is -0.758. The van der Waals surface area contributed by atoms with Crippen LogP contribution in [-0.4, -0.2) is 28.5 Å². The highest BCUT2D eigenvalue weighted by Crippen LogP contribution is 2.28. The van der Waals surface area contributed by atoms with Gasteiger partial charge in [-0.1, -0.05) is 18.2 Å². The Labute approximate surface area is 182 Å². The zero-order valence-electron chi connectivity index (χ0n) is 17.5. The third-order valence-corrected chi connectivity index (χ3v) is 5.95. The number of sulfonamides is 1. The van der Waals surface area contributed by atoms with Crippen molar-refractivity contribution in [1.29, 1.82) is 0 Å². The van der Waals surface area contributed by atoms with E-state index < -0.39 is 10.0 Å². The third-order valence-electron chi connectivity index (χ3n) is 4.57. The van der Waals surface area contributed by atoms with Gasteiger partial charge in [-0.2, -0.15) is 0 Å². The minimum absolute atomic E-state index is 0.0733. The molecule has 162 valence electrons. The quantitative estimate of drug-likeness (QED) is 0.552. The smallest absolute Gasteiger partial charge is 0.262 e. The minimum atomic E-state index is -3.82. The van der Waals surface area contributed by atoms with Crippen molar-refractivity contribution in [3.63, 3.8) is 0 Å². The summed E-state index contributed by atoms with van der Waals surface area (Å²) < 4.78 is 38.4. The first-order valence-electron chi connectivity index (χ1n) is 9.51. The molecule has 0 spiro atoms. The van der Waals surface area contributed by atoms with Crippen LogP contribution in [0.3, 0.4) is 0 Å². The number of ether oxygens (including phenoxy) is 2. The van der Waals surface area contributed by atoms with Crippen molar-refractivity contribution in [2.75, 3.05) is 24.3 Å². The summed E-state index contributed by atoms with van der Waals surface area (Å²) in [6.07, 6.45) is 0.193. The number of amides is 1. The van der Waals surface area contributed by atoms with Crippen molar-refractivity contribution in [2.24, 2.45) is 0 Å². The van der Waals surface area contributed by atoms with E-state index in [9.17, 15) is 13.2 Å². The first-order valence-corrected chi connectivity index (χ1v) is 11.0. The third kappa shape index (κ3) is 5.76. The van der Waals surface area contributed by atoms with Crippen molar-refractivity contribution in [1.82, 2.24) is 0 Å². The van der Waals surface area contributed by atoms with Crippen LogP contribution in [0.15, 0.2) is 71.6 Å². The number of rotatable bonds is 8. The van der Waals surface area contributed by atoms with Crippen LogP contribution in [0.4, 0.5) is 11.4 Å². The molecular formula is C23H24N2O5S. The largest absolute Gasteiger partial charge is 0.497 e. The normalized spacial score (nSPS) is 10.9. The lowest BCUT2D eigenvalue weighted by molar-refractivity contribution is -0.115. The van der Waals surface area contributed by atoms with Gasteiger partial charge in [0.15, 0.2) is 0 Å². The number of methoxy groups -OCH3 is 2. The molecule has 0 atom stereocenters. The molecule has 0 bridgehead atoms. The van der Waals surface area contributed by atoms with Crippen LogP contribution in [0.25, 0.3) is 0 Å². The second-order valence-electron chi connectivity index (χ2n) is 6.91. The Bertz CT molecular complexity index is 1160. The van der Waals surface area contributed by atoms with Crippen LogP contribution in [0.1, 0.15) is 11.1 Å². The van der Waals surface area contributed by atoms with Gasteiger partial charge in [0.2, 0.25) is 5.91 Å². The molecule has 3 aromatic rings. The number of anilines is 2. The maximum absolute atomic E-state index is 12.7. The Balaban J connectivity index is 1.67. The number of benzene rings is 3. The van der Waals surface area contributed by atoms with Gasteiger partial charge >= 0.3 is 0 Å². The van der Waals surface area contributed by atoms with Crippen molar-refractivity contribution in [3.05, 3.63) is 77.9 Å². The first-order chi connectivity index (χ1) is 14.8. The molecule has 0 aromatic heterocycles. The lowest BCUT2D eigenvalue weighted by Crippen LogP contribution is -2.15. The molecule has 0 radical (unpaired) electrons. The molecule has 0 unspecified atom stereocenters. The highest BCUT2D eigenvalue weighted by atomic mass is 32.2. The highest BCUT2D eigenvalue weighted by Gasteiger charge is 2.17. The predicted octanol–water partition coefficient (Wildman–Crippen LogP) is 3.99. The molecule has 7 nitrogen and oxygen atoms in total. The molecule has 0 saturated heterocycles. The van der Waals surface area contributed by atoms with Gasteiger partial charge in [0, 0.05) is 5.69 Å². The fourth-order valence-corrected chi connectivity index (χ4v) is 4.02. The number of hydrogen-bond acceptors (Lipinski definition) is 5. The Morgan fingerprint density at radius 1 is 0.903 bits per heavy atom. The summed E-state index contributed by atoms with van der Waals surface area (Å²) in [5.74, 6) is 0.942. The first kappa shape index (κ1) is 22.2. The fourth-order valence-electron chi connectivity index (χ4n) is 2.96. The minimum Gasteiger partial charge on any atom is -0.497 e. The molecule has 0 aliphatic heterocycles. The molecule has 0 heterocycles. The fraction of sp³-hybridized carbons (Fsp3) is 0.174. The molecular weight excluding hydrogens is 416 g/mol. The average molecular weight is 441 g/mol. The lowest BCUT2D eigenvalue weighted by atomic mass is 10.1. The Hall–Kier alpha value is -3.52. The van der Waals surface area contributed by atoms with Gasteiger partial charge in [-0.05, 0) is 66.6 Å². The Kier molecular flexibility index (Phi) is 6.81. The van der Waals surface area contributed by atoms with Crippen molar-refractivity contribution in [2.45, 2.75) is 18.2 Å². The van der Waals surface area contributed by atoms with Crippen LogP contribution < -0.4 is 19.5 Å². The van der Waals surface area contributed by atoms with E-state index in [2.05, 4.69) is 10.0 Å². The van der Waals surface area contributed by atoms with E-state index in [1.165, 1.54) is 19.2 Å². The molecule has 0 aliphatic carbocycles. The van der Waals surface area contributed by atoms with Crippen LogP contribution in [0.2, 0.25) is 0 Å². The molecule has 1 amide bonds. The summed E-state index contributed by atoms with van der Waals surface area (Å²) in [5.41, 5.74) is 2.60. The summed E-state index contributed by atoms with van der Waals surface area (Å²) >= 11 is 0. The van der Waals surface area contributed by atoms with Gasteiger partial charge in [-0.15, -0.1) is 0 Å². The zero-order chi connectivity index (χ0) is 22.4. The highest BCUT2D eigenvalue weighted by molar-refractivity contribution is 7.92. The van der Waals surface area contributed by atoms with Gasteiger partial charge in [-0.3, -0.25) is 9.52 Å². The molecule has 31 heavy (non-hydrogen) atoms. The number of carbonyl (C=O) groups excluding carboxylic acids is 1. The molecule has 2 N–H and O–H groups in total. The SMILES string of the molecule is COc1ccc(CC(=O)Nc2ccc(S(=O)(=O)Nc3cc(C)ccc3OC)cc2)cc1. The number of hydrogen-bond donors (Lipinski definition) is 2. The zero-order valence-corrected chi connectivity index (χ0v) is 18.3. The lowest BCUT2D eigenvalue weighted by Gasteiger charge is -2.13. The molecule has 0 fully saturated rings. The van der Waals surface area contributed by atoms with Gasteiger partial charge in [-0.25, -0.2) is 8.42 Å². The van der Waals surface area contributed by atoms with E-state index in [-0.39, 0.29) is 17.2 Å². The molecule has 0 saturated carbocycles. The van der Waals surface area contributed by atoms with Gasteiger partial charge in [0.1, 0.15) is 11.5 Å². The molecule has 0 aliphatic rings. The van der Waals surface area contributed by atoms with Gasteiger partial charge in [0.05, 0.1) is 31.2 Å². The van der Waals surface area contributed by atoms with E-state index >= 15 is 0 Å². The van der Waals surface area contributed by atoms with E-state index in [4.69, 9.17) is 9.47 Å². The van der Waals surface area contributed by atoms with Crippen LogP contribution in [0, 0.1) is 6.92 Å². The maximum Gasteiger partial charge on any atom is 0.262 e. The summed E-state index contributed by atoms with van der Waals surface area (Å²) in [5, 5.41) is 2.77. The summed E-state index contributed by atoms with van der Waals surface area (Å²) in [6.45, 7) is 1.86. The average Bonchev–Trinajstić information content (AvgIpc) is 2.74. The maximum atomic E-state index is 12.7. The Morgan fingerprint density at radius 2 is 1.58 bits per heavy atom. The van der Waals surface area contributed by atoms with Gasteiger partial charge in [0.25, 0.3) is 10.0 Å². The number of aryl methyl sites for hydroxylation is 1. The summed E-state index contributed by atoms with van der Waals surface area (Å²) in [6, 6.07) is 18.4. The van der Waals surface area contributed by atoms with Crippen molar-refractivity contribution in [3.8, 4) is 11.5 Å². The standard InChI is InChI=1S/C23H24N2O5S/c1-16-4-13-22(30-3)21(14-16)25-31(27,28)20-11-7-18(8-12-20)24-23(26)15-17-5-9-19(29-2)10-6-17/h4-14,25H,15H2,1-3H3,(H,24,26). The van der Waals surface area contributed by atoms with Crippen LogP contribution >= 0.6 is 0 Å². The molecule has 8 heteroatoms. The predicted molar refractivity (Wildman–Crippen MR) is 120 cm³/mol. The molecule has 3 rings (SSSR count). The van der Waals surface area contributed by atoms with Crippen molar-refractivity contribution >= 4 is 27.3 Å². The summed E-state index contributed by atoms with van der Waals surface area (Å²) in [4.78, 5) is 12.3. The van der Waals surface area contributed by atoms with E-state index in [0.717, 1.165) is 16.9 Å². The number of nitrogens with one attached hydrogen (secondary N) is 2. The topological polar surface area (TPSA) is 93.7 Å².